The number of hydrogen-bond donors (Lipinski definition) is 0. The van der Waals surface area contributed by atoms with Crippen molar-refractivity contribution in [1.29, 1.82) is 0 Å². The molecule has 0 aliphatic heterocycles. The Labute approximate surface area is 782 Å². The van der Waals surface area contributed by atoms with Gasteiger partial charge in [-0.3, -0.25) is 0 Å². The Bertz CT molecular complexity index is 10500. The second-order valence-corrected chi connectivity index (χ2v) is 36.6. The van der Waals surface area contributed by atoms with Crippen LogP contribution in [0.25, 0.3) is 297 Å². The Hall–Kier alpha value is -18.4. The lowest BCUT2D eigenvalue weighted by atomic mass is 9.95. The molecule has 31 rings (SSSR count). The van der Waals surface area contributed by atoms with Gasteiger partial charge >= 0.3 is 0 Å². The molecule has 1 aliphatic carbocycles. The first-order valence-electron chi connectivity index (χ1n) is 46.9. The number of hydrogen-bond acceptors (Lipinski definition) is 5. The second-order valence-electron chi connectivity index (χ2n) is 36.6. The summed E-state index contributed by atoms with van der Waals surface area (Å²) < 4.78 is 16.1. The Morgan fingerprint density at radius 1 is 0.168 bits per heavy atom. The molecule has 0 N–H and O–H groups in total. The van der Waals surface area contributed by atoms with Crippen molar-refractivity contribution < 1.29 is 4.42 Å². The second kappa shape index (κ2) is 29.0. The average Bonchev–Trinajstić information content (AvgIpc) is 1.63. The van der Waals surface area contributed by atoms with E-state index in [2.05, 4.69) is 449 Å². The molecule has 30 aromatic rings. The van der Waals surface area contributed by atoms with Crippen LogP contribution in [-0.2, 0) is 0 Å². The van der Waals surface area contributed by atoms with Crippen molar-refractivity contribution >= 4 is 206 Å². The molecule has 7 heterocycles. The highest BCUT2D eigenvalue weighted by Gasteiger charge is 2.28. The van der Waals surface area contributed by atoms with Gasteiger partial charge in [-0.05, 0) is 232 Å². The van der Waals surface area contributed by atoms with Crippen molar-refractivity contribution in [2.75, 3.05) is 0 Å². The molecular formula is C128H74N8O. The van der Waals surface area contributed by atoms with Crippen molar-refractivity contribution in [3.8, 4) is 90.3 Å². The van der Waals surface area contributed by atoms with E-state index in [0.29, 0.717) is 11.6 Å². The third kappa shape index (κ3) is 11.3. The lowest BCUT2D eigenvalue weighted by Crippen LogP contribution is -1.99. The molecule has 137 heavy (non-hydrogen) atoms. The normalized spacial score (nSPS) is 12.2. The minimum Gasteiger partial charge on any atom is -0.456 e. The van der Waals surface area contributed by atoms with Crippen LogP contribution in [0.5, 0.6) is 0 Å². The van der Waals surface area contributed by atoms with Crippen LogP contribution < -0.4 is 0 Å². The Kier molecular flexibility index (Phi) is 15.9. The molecule has 0 saturated heterocycles. The fraction of sp³-hybridized carbons (Fsp3) is 0. The van der Waals surface area contributed by atoms with E-state index < -0.39 is 0 Å². The molecule has 0 amide bonds. The third-order valence-electron chi connectivity index (χ3n) is 29.3. The van der Waals surface area contributed by atoms with Crippen LogP contribution in [0.15, 0.2) is 453 Å². The first-order chi connectivity index (χ1) is 67.9. The van der Waals surface area contributed by atoms with E-state index in [1.807, 2.05) is 18.2 Å². The van der Waals surface area contributed by atoms with Crippen LogP contribution in [0.4, 0.5) is 0 Å². The van der Waals surface area contributed by atoms with E-state index in [1.165, 1.54) is 152 Å². The monoisotopic (exact) mass is 1740 g/mol. The van der Waals surface area contributed by atoms with E-state index in [0.717, 1.165) is 133 Å². The molecule has 23 aromatic carbocycles. The first kappa shape index (κ1) is 75.3. The lowest BCUT2D eigenvalue weighted by Gasteiger charge is -2.16. The van der Waals surface area contributed by atoms with E-state index in [9.17, 15) is 0 Å². The van der Waals surface area contributed by atoms with Crippen molar-refractivity contribution in [2.45, 2.75) is 0 Å². The van der Waals surface area contributed by atoms with Crippen LogP contribution in [-0.4, -0.2) is 38.2 Å². The smallest absolute Gasteiger partial charge is 0.161 e. The van der Waals surface area contributed by atoms with Gasteiger partial charge in [0.1, 0.15) is 11.2 Å². The molecule has 9 nitrogen and oxygen atoms in total. The molecule has 9 heteroatoms. The van der Waals surface area contributed by atoms with E-state index >= 15 is 0 Å². The zero-order valence-electron chi connectivity index (χ0n) is 73.7. The highest BCUT2D eigenvalue weighted by Crippen LogP contribution is 2.52. The Morgan fingerprint density at radius 2 is 0.526 bits per heavy atom. The molecule has 0 radical (unpaired) electrons. The van der Waals surface area contributed by atoms with Crippen molar-refractivity contribution in [2.24, 2.45) is 0 Å². The van der Waals surface area contributed by atoms with E-state index in [1.54, 1.807) is 0 Å². The minimum atomic E-state index is 0.682. The highest BCUT2D eigenvalue weighted by atomic mass is 16.3. The maximum absolute atomic E-state index is 6.35. The van der Waals surface area contributed by atoms with Gasteiger partial charge in [0.15, 0.2) is 11.6 Å². The molecule has 0 bridgehead atoms. The van der Waals surface area contributed by atoms with Gasteiger partial charge in [0, 0.05) is 109 Å². The molecule has 0 unspecified atom stereocenters. The van der Waals surface area contributed by atoms with Crippen molar-refractivity contribution in [3.05, 3.63) is 449 Å². The molecule has 0 fully saturated rings. The zero-order valence-corrected chi connectivity index (χ0v) is 73.7. The molecular weight excluding hydrogens is 1670 g/mol. The maximum atomic E-state index is 6.35. The van der Waals surface area contributed by atoms with Gasteiger partial charge in [-0.2, -0.15) is 0 Å². The number of furan rings is 1. The highest BCUT2D eigenvalue weighted by molar-refractivity contribution is 6.23. The van der Waals surface area contributed by atoms with Gasteiger partial charge < -0.3 is 22.7 Å². The van der Waals surface area contributed by atoms with Crippen LogP contribution in [0.3, 0.4) is 0 Å². The molecule has 0 spiro atoms. The number of benzene rings is 23. The summed E-state index contributed by atoms with van der Waals surface area (Å²) >= 11 is 0. The quantitative estimate of drug-likeness (QED) is 0.151. The fourth-order valence-electron chi connectivity index (χ4n) is 23.1. The summed E-state index contributed by atoms with van der Waals surface area (Å²) in [6, 6.07) is 163. The Morgan fingerprint density at radius 3 is 1.09 bits per heavy atom. The van der Waals surface area contributed by atoms with Gasteiger partial charge in [-0.15, -0.1) is 0 Å². The number of aromatic nitrogens is 8. The average molecular weight is 1740 g/mol. The summed E-state index contributed by atoms with van der Waals surface area (Å²) in [5.74, 6) is 1.39. The van der Waals surface area contributed by atoms with Crippen LogP contribution in [0.2, 0.25) is 0 Å². The number of rotatable bonds is 8. The standard InChI is InChI=1S/C66H38N4.C62H36N4O/c1-2-15-40-37-62-56(35-39(40)14-1)48-20-8-11-26-59(48)69(62)43-29-28-41-38-63-57(36-42(41)34-43)49-21-9-12-27-60(49)70(63)61-33-32-54(46-18-5-6-19-47(46)61)66-67-58-25-10-7-22-55(58)65(68-66)53-31-30-52-45-17-4-3-16-44(45)50-23-13-24-51(53)64(50)52;1-2-14-38-34-57-51(32-37(38)13-1)45-15-4-8-23-54(45)65(57)42-29-27-39-35-58-52(33-41(39)31-42)46-16-5-9-24-55(46)66(58)56-25-12-19-43-44(56)20-11-21-49(43)62-63-53-22-7-3-18-50(53)61(64-62)40-28-30-48-47-17-6-10-26-59(47)67-60(48)36-40/h1-38H;1-36H. The largest absolute Gasteiger partial charge is 0.456 e. The first-order valence-corrected chi connectivity index (χ1v) is 46.9. The Balaban J connectivity index is 0.000000130. The zero-order chi connectivity index (χ0) is 89.3. The maximum Gasteiger partial charge on any atom is 0.161 e. The number of para-hydroxylation sites is 7. The summed E-state index contributed by atoms with van der Waals surface area (Å²) in [6.07, 6.45) is 0. The van der Waals surface area contributed by atoms with Gasteiger partial charge in [0.05, 0.1) is 77.9 Å². The summed E-state index contributed by atoms with van der Waals surface area (Å²) in [5, 5.41) is 30.9. The molecule has 0 saturated carbocycles. The predicted molar refractivity (Wildman–Crippen MR) is 572 cm³/mol. The molecule has 632 valence electrons. The summed E-state index contributed by atoms with van der Waals surface area (Å²) in [6.45, 7) is 0. The molecule has 7 aromatic heterocycles. The number of nitrogens with zero attached hydrogens (tertiary/aromatic N) is 8. The minimum absolute atomic E-state index is 0.682. The third-order valence-corrected chi connectivity index (χ3v) is 29.3. The van der Waals surface area contributed by atoms with Crippen LogP contribution >= 0.6 is 0 Å². The van der Waals surface area contributed by atoms with E-state index in [-0.39, 0.29) is 0 Å². The van der Waals surface area contributed by atoms with Crippen LogP contribution in [0.1, 0.15) is 0 Å². The van der Waals surface area contributed by atoms with Gasteiger partial charge in [0.2, 0.25) is 0 Å². The van der Waals surface area contributed by atoms with Gasteiger partial charge in [0.25, 0.3) is 0 Å². The summed E-state index contributed by atoms with van der Waals surface area (Å²) in [7, 11) is 0. The number of fused-ring (bicyclic) bond motifs is 26. The summed E-state index contributed by atoms with van der Waals surface area (Å²) in [4.78, 5) is 21.5. The topological polar surface area (TPSA) is 84.4 Å². The SMILES string of the molecule is c1ccc2c(c1)-c1cccc3c(-c4nc(-c5ccc(-n6c7ccccc7c7cc8cc(-n9c%10ccccc%10c%10cc%11ccccc%11cc%109)ccc8cc76)c6ccccc56)nc5ccccc45)ccc-2c13.c1ccc2cc3c(cc2c1)c1ccccc1n3-c1ccc2cc3c(cc2c1)c1ccccc1n3-c1cccc2c(-c3nc(-c4ccc5c(c4)oc4ccccc45)c4ccccc4n3)cccc12. The van der Waals surface area contributed by atoms with Crippen molar-refractivity contribution in [3.63, 3.8) is 0 Å². The molecule has 1 aliphatic rings. The van der Waals surface area contributed by atoms with Gasteiger partial charge in [-0.1, -0.05) is 303 Å². The fourth-order valence-corrected chi connectivity index (χ4v) is 23.1. The van der Waals surface area contributed by atoms with E-state index in [4.69, 9.17) is 24.4 Å². The molecule has 0 atom stereocenters. The predicted octanol–water partition coefficient (Wildman–Crippen LogP) is 33.9. The van der Waals surface area contributed by atoms with Crippen LogP contribution in [0, 0.1) is 0 Å². The summed E-state index contributed by atoms with van der Waals surface area (Å²) in [5.41, 5.74) is 28.6. The van der Waals surface area contributed by atoms with Gasteiger partial charge in [-0.25, -0.2) is 19.9 Å². The van der Waals surface area contributed by atoms with Crippen molar-refractivity contribution in [1.82, 2.24) is 38.2 Å². The lowest BCUT2D eigenvalue weighted by molar-refractivity contribution is 0.669.